The normalized spacial score (nSPS) is 17.7. The Morgan fingerprint density at radius 1 is 1.17 bits per heavy atom. The first-order chi connectivity index (χ1) is 14.7. The number of cyclic esters (lactones) is 1. The molecule has 152 valence electrons. The third-order valence-corrected chi connectivity index (χ3v) is 5.68. The molecule has 3 aromatic rings. The van der Waals surface area contributed by atoms with E-state index >= 15 is 0 Å². The number of aromatic amines is 1. The second-order valence-corrected chi connectivity index (χ2v) is 7.66. The zero-order valence-corrected chi connectivity index (χ0v) is 16.4. The number of benzene rings is 2. The summed E-state index contributed by atoms with van der Waals surface area (Å²) in [6.45, 7) is 0.681. The van der Waals surface area contributed by atoms with Crippen molar-refractivity contribution in [3.05, 3.63) is 71.4 Å². The SMILES string of the molecule is O=C(NC[C@H]1CN(c2ccc3c(c2)CCCc2cn[nH]c2-3)C(=O)O1)c1ccccc1. The number of amides is 2. The van der Waals surface area contributed by atoms with Crippen LogP contribution in [0.1, 0.15) is 27.9 Å². The topological polar surface area (TPSA) is 87.3 Å². The first-order valence-electron chi connectivity index (χ1n) is 10.2. The molecule has 0 unspecified atom stereocenters. The van der Waals surface area contributed by atoms with Crippen LogP contribution < -0.4 is 10.2 Å². The highest BCUT2D eigenvalue weighted by molar-refractivity contribution is 5.94. The van der Waals surface area contributed by atoms with Crippen LogP contribution in [0.4, 0.5) is 10.5 Å². The molecule has 5 rings (SSSR count). The maximum atomic E-state index is 12.5. The monoisotopic (exact) mass is 402 g/mol. The van der Waals surface area contributed by atoms with Crippen LogP contribution in [0.25, 0.3) is 11.3 Å². The standard InChI is InChI=1S/C23H22N4O3/c28-22(15-5-2-1-3-6-15)24-13-19-14-27(23(29)30-19)18-9-10-20-16(11-18)7-4-8-17-12-25-26-21(17)20/h1-3,5-6,9-12,19H,4,7-8,13-14H2,(H,24,28)(H,25,26)/t19-/m0/s1. The van der Waals surface area contributed by atoms with Gasteiger partial charge in [-0.2, -0.15) is 5.10 Å². The number of carbonyl (C=O) groups excluding carboxylic acids is 2. The number of hydrogen-bond acceptors (Lipinski definition) is 4. The van der Waals surface area contributed by atoms with Gasteiger partial charge in [0, 0.05) is 16.8 Å². The molecule has 1 aliphatic carbocycles. The maximum absolute atomic E-state index is 12.5. The Balaban J connectivity index is 1.28. The van der Waals surface area contributed by atoms with Crippen molar-refractivity contribution in [2.24, 2.45) is 0 Å². The van der Waals surface area contributed by atoms with Crippen LogP contribution in [0.15, 0.2) is 54.7 Å². The van der Waals surface area contributed by atoms with Gasteiger partial charge < -0.3 is 10.1 Å². The minimum Gasteiger partial charge on any atom is -0.442 e. The molecule has 2 N–H and O–H groups in total. The summed E-state index contributed by atoms with van der Waals surface area (Å²) in [5, 5.41) is 10.1. The Kier molecular flexibility index (Phi) is 4.71. The van der Waals surface area contributed by atoms with Gasteiger partial charge in [-0.3, -0.25) is 14.8 Å². The molecule has 0 spiro atoms. The molecule has 2 aromatic carbocycles. The van der Waals surface area contributed by atoms with Crippen LogP contribution in [-0.4, -0.2) is 41.4 Å². The van der Waals surface area contributed by atoms with Crippen molar-refractivity contribution in [2.75, 3.05) is 18.0 Å². The summed E-state index contributed by atoms with van der Waals surface area (Å²) in [6.07, 6.45) is 4.11. The molecule has 1 aliphatic heterocycles. The van der Waals surface area contributed by atoms with Gasteiger partial charge in [-0.05, 0) is 54.7 Å². The minimum atomic E-state index is -0.386. The lowest BCUT2D eigenvalue weighted by Gasteiger charge is -2.16. The predicted molar refractivity (Wildman–Crippen MR) is 112 cm³/mol. The second kappa shape index (κ2) is 7.67. The van der Waals surface area contributed by atoms with Crippen LogP contribution in [0, 0.1) is 0 Å². The van der Waals surface area contributed by atoms with E-state index in [4.69, 9.17) is 4.74 Å². The van der Waals surface area contributed by atoms with Crippen molar-refractivity contribution in [1.82, 2.24) is 15.5 Å². The number of ether oxygens (including phenoxy) is 1. The Morgan fingerprint density at radius 2 is 2.00 bits per heavy atom. The van der Waals surface area contributed by atoms with Gasteiger partial charge in [-0.25, -0.2) is 4.79 Å². The minimum absolute atomic E-state index is 0.175. The Morgan fingerprint density at radius 3 is 2.87 bits per heavy atom. The van der Waals surface area contributed by atoms with Gasteiger partial charge >= 0.3 is 6.09 Å². The van der Waals surface area contributed by atoms with Gasteiger partial charge in [0.25, 0.3) is 5.91 Å². The van der Waals surface area contributed by atoms with Crippen molar-refractivity contribution in [3.8, 4) is 11.3 Å². The van der Waals surface area contributed by atoms with Gasteiger partial charge in [0.1, 0.15) is 6.10 Å². The highest BCUT2D eigenvalue weighted by atomic mass is 16.6. The zero-order chi connectivity index (χ0) is 20.5. The average molecular weight is 402 g/mol. The molecule has 0 saturated carbocycles. The number of nitrogens with zero attached hydrogens (tertiary/aromatic N) is 2. The molecule has 7 nitrogen and oxygen atoms in total. The van der Waals surface area contributed by atoms with E-state index in [2.05, 4.69) is 21.6 Å². The van der Waals surface area contributed by atoms with Crippen molar-refractivity contribution in [1.29, 1.82) is 0 Å². The van der Waals surface area contributed by atoms with Crippen LogP contribution >= 0.6 is 0 Å². The van der Waals surface area contributed by atoms with Crippen LogP contribution in [-0.2, 0) is 17.6 Å². The fourth-order valence-electron chi connectivity index (χ4n) is 4.14. The van der Waals surface area contributed by atoms with Crippen LogP contribution in [0.5, 0.6) is 0 Å². The lowest BCUT2D eigenvalue weighted by atomic mass is 10.0. The lowest BCUT2D eigenvalue weighted by Crippen LogP contribution is -2.34. The molecule has 0 bridgehead atoms. The molecule has 1 aromatic heterocycles. The van der Waals surface area contributed by atoms with E-state index in [1.807, 2.05) is 36.5 Å². The summed E-state index contributed by atoms with van der Waals surface area (Å²) >= 11 is 0. The van der Waals surface area contributed by atoms with Gasteiger partial charge in [-0.15, -0.1) is 0 Å². The molecule has 0 radical (unpaired) electrons. The number of aryl methyl sites for hydroxylation is 2. The van der Waals surface area contributed by atoms with Gasteiger partial charge in [-0.1, -0.05) is 24.3 Å². The number of hydrogen-bond donors (Lipinski definition) is 2. The molecule has 2 amide bonds. The number of fused-ring (bicyclic) bond motifs is 3. The number of carbonyl (C=O) groups is 2. The predicted octanol–water partition coefficient (Wildman–Crippen LogP) is 3.32. The van der Waals surface area contributed by atoms with Gasteiger partial charge in [0.2, 0.25) is 0 Å². The molecule has 30 heavy (non-hydrogen) atoms. The van der Waals surface area contributed by atoms with E-state index in [9.17, 15) is 9.59 Å². The third-order valence-electron chi connectivity index (χ3n) is 5.68. The second-order valence-electron chi connectivity index (χ2n) is 7.66. The molecular formula is C23H22N4O3. The number of anilines is 1. The Bertz CT molecular complexity index is 1090. The first kappa shape index (κ1) is 18.4. The van der Waals surface area contributed by atoms with Gasteiger partial charge in [0.05, 0.1) is 25.0 Å². The van der Waals surface area contributed by atoms with E-state index in [1.54, 1.807) is 17.0 Å². The fraction of sp³-hybridized carbons (Fsp3) is 0.261. The molecule has 7 heteroatoms. The highest BCUT2D eigenvalue weighted by Gasteiger charge is 2.33. The molecule has 1 atom stereocenters. The average Bonchev–Trinajstić information content (AvgIpc) is 3.35. The maximum Gasteiger partial charge on any atom is 0.414 e. The molecular weight excluding hydrogens is 380 g/mol. The fourth-order valence-corrected chi connectivity index (χ4v) is 4.14. The van der Waals surface area contributed by atoms with Crippen LogP contribution in [0.3, 0.4) is 0 Å². The van der Waals surface area contributed by atoms with E-state index in [0.29, 0.717) is 12.1 Å². The summed E-state index contributed by atoms with van der Waals surface area (Å²) in [4.78, 5) is 26.3. The number of rotatable bonds is 4. The third kappa shape index (κ3) is 3.43. The summed E-state index contributed by atoms with van der Waals surface area (Å²) in [5.74, 6) is -0.175. The van der Waals surface area contributed by atoms with Crippen LogP contribution in [0.2, 0.25) is 0 Å². The lowest BCUT2D eigenvalue weighted by molar-refractivity contribution is 0.0916. The molecule has 2 aliphatic rings. The van der Waals surface area contributed by atoms with Crippen molar-refractivity contribution >= 4 is 17.7 Å². The Labute approximate surface area is 174 Å². The number of aromatic nitrogens is 2. The highest BCUT2D eigenvalue weighted by Crippen LogP contribution is 2.34. The van der Waals surface area contributed by atoms with E-state index in [1.165, 1.54) is 11.1 Å². The quantitative estimate of drug-likeness (QED) is 0.701. The summed E-state index contributed by atoms with van der Waals surface area (Å²) in [6, 6.07) is 15.1. The smallest absolute Gasteiger partial charge is 0.414 e. The number of nitrogens with one attached hydrogen (secondary N) is 2. The molecule has 2 heterocycles. The Hall–Kier alpha value is -3.61. The van der Waals surface area contributed by atoms with Crippen molar-refractivity contribution < 1.29 is 14.3 Å². The van der Waals surface area contributed by atoms with E-state index < -0.39 is 0 Å². The largest absolute Gasteiger partial charge is 0.442 e. The van der Waals surface area contributed by atoms with Gasteiger partial charge in [0.15, 0.2) is 0 Å². The van der Waals surface area contributed by atoms with Crippen molar-refractivity contribution in [3.63, 3.8) is 0 Å². The summed E-state index contributed by atoms with van der Waals surface area (Å²) in [5.41, 5.74) is 6.05. The van der Waals surface area contributed by atoms with Crippen molar-refractivity contribution in [2.45, 2.75) is 25.4 Å². The first-order valence-corrected chi connectivity index (χ1v) is 10.2. The molecule has 1 saturated heterocycles. The zero-order valence-electron chi connectivity index (χ0n) is 16.4. The summed E-state index contributed by atoms with van der Waals surface area (Å²) < 4.78 is 5.48. The summed E-state index contributed by atoms with van der Waals surface area (Å²) in [7, 11) is 0. The van der Waals surface area contributed by atoms with E-state index in [-0.39, 0.29) is 24.6 Å². The molecule has 1 fully saturated rings. The van der Waals surface area contributed by atoms with E-state index in [0.717, 1.165) is 36.2 Å². The number of H-pyrrole nitrogens is 1.